The first-order valence-corrected chi connectivity index (χ1v) is 8.74. The second kappa shape index (κ2) is 7.27. The summed E-state index contributed by atoms with van der Waals surface area (Å²) in [5, 5.41) is 14.2. The highest BCUT2D eigenvalue weighted by Gasteiger charge is 2.30. The maximum Gasteiger partial charge on any atom is 0.308 e. The molecule has 0 unspecified atom stereocenters. The van der Waals surface area contributed by atoms with Crippen LogP contribution >= 0.6 is 11.6 Å². The quantitative estimate of drug-likeness (QED) is 0.908. The van der Waals surface area contributed by atoms with Crippen LogP contribution in [0.25, 0.3) is 5.69 Å². The molecular formula is C18H20ClN3O3. The monoisotopic (exact) mass is 361 g/mol. The van der Waals surface area contributed by atoms with Crippen LogP contribution in [0.4, 0.5) is 0 Å². The Labute approximate surface area is 151 Å². The van der Waals surface area contributed by atoms with Gasteiger partial charge in [0.2, 0.25) is 0 Å². The second-order valence-corrected chi connectivity index (χ2v) is 6.62. The lowest BCUT2D eigenvalue weighted by molar-refractivity contribution is -0.143. The van der Waals surface area contributed by atoms with Crippen LogP contribution in [0.15, 0.2) is 30.5 Å². The zero-order valence-electron chi connectivity index (χ0n) is 14.0. The van der Waals surface area contributed by atoms with Crippen molar-refractivity contribution in [1.29, 1.82) is 0 Å². The average molecular weight is 362 g/mol. The van der Waals surface area contributed by atoms with Crippen LogP contribution in [0, 0.1) is 5.92 Å². The molecule has 1 fully saturated rings. The van der Waals surface area contributed by atoms with E-state index in [4.69, 9.17) is 11.6 Å². The van der Waals surface area contributed by atoms with Gasteiger partial charge in [-0.25, -0.2) is 4.68 Å². The lowest BCUT2D eigenvalue weighted by atomic mass is 9.97. The molecule has 1 aromatic carbocycles. The fourth-order valence-corrected chi connectivity index (χ4v) is 3.44. The normalized spacial score (nSPS) is 17.5. The number of benzene rings is 1. The number of carbonyl (C=O) groups excluding carboxylic acids is 1. The Balaban J connectivity index is 1.90. The number of carboxylic acids is 1. The second-order valence-electron chi connectivity index (χ2n) is 6.18. The third-order valence-electron chi connectivity index (χ3n) is 4.54. The Hall–Kier alpha value is -2.34. The predicted molar refractivity (Wildman–Crippen MR) is 94.2 cm³/mol. The summed E-state index contributed by atoms with van der Waals surface area (Å²) in [6.45, 7) is 2.79. The largest absolute Gasteiger partial charge is 0.481 e. The summed E-state index contributed by atoms with van der Waals surface area (Å²) in [4.78, 5) is 25.8. The smallest absolute Gasteiger partial charge is 0.308 e. The van der Waals surface area contributed by atoms with Gasteiger partial charge in [-0.1, -0.05) is 24.6 Å². The lowest BCUT2D eigenvalue weighted by Gasteiger charge is -2.30. The van der Waals surface area contributed by atoms with Gasteiger partial charge in [0.25, 0.3) is 5.91 Å². The Morgan fingerprint density at radius 1 is 1.40 bits per heavy atom. The number of aliphatic carboxylic acids is 1. The van der Waals surface area contributed by atoms with Crippen molar-refractivity contribution in [3.05, 3.63) is 46.7 Å². The van der Waals surface area contributed by atoms with Crippen LogP contribution in [-0.4, -0.2) is 44.8 Å². The Kier molecular flexibility index (Phi) is 5.08. The van der Waals surface area contributed by atoms with Crippen LogP contribution in [-0.2, 0) is 11.2 Å². The topological polar surface area (TPSA) is 75.4 Å². The van der Waals surface area contributed by atoms with E-state index >= 15 is 0 Å². The van der Waals surface area contributed by atoms with Crippen LogP contribution in [0.2, 0.25) is 5.02 Å². The molecule has 132 valence electrons. The summed E-state index contributed by atoms with van der Waals surface area (Å²) < 4.78 is 1.72. The van der Waals surface area contributed by atoms with Gasteiger partial charge < -0.3 is 10.0 Å². The molecule has 1 amide bonds. The van der Waals surface area contributed by atoms with Gasteiger partial charge in [-0.3, -0.25) is 9.59 Å². The van der Waals surface area contributed by atoms with Gasteiger partial charge in [-0.2, -0.15) is 5.10 Å². The van der Waals surface area contributed by atoms with Gasteiger partial charge in [-0.15, -0.1) is 0 Å². The van der Waals surface area contributed by atoms with E-state index in [-0.39, 0.29) is 12.5 Å². The molecule has 1 aliphatic rings. The van der Waals surface area contributed by atoms with Gasteiger partial charge in [0, 0.05) is 18.1 Å². The van der Waals surface area contributed by atoms with E-state index in [9.17, 15) is 14.7 Å². The number of carboxylic acid groups (broad SMARTS) is 1. The van der Waals surface area contributed by atoms with Gasteiger partial charge in [-0.05, 0) is 37.5 Å². The number of amides is 1. The van der Waals surface area contributed by atoms with E-state index in [1.165, 1.54) is 0 Å². The molecule has 0 spiro atoms. The third kappa shape index (κ3) is 3.54. The van der Waals surface area contributed by atoms with Crippen LogP contribution in [0.1, 0.15) is 35.8 Å². The molecule has 6 nitrogen and oxygen atoms in total. The summed E-state index contributed by atoms with van der Waals surface area (Å²) in [7, 11) is 0. The van der Waals surface area contributed by atoms with Crippen molar-refractivity contribution < 1.29 is 14.7 Å². The number of hydrogen-bond donors (Lipinski definition) is 1. The molecule has 1 saturated heterocycles. The van der Waals surface area contributed by atoms with E-state index in [2.05, 4.69) is 5.10 Å². The number of hydrogen-bond acceptors (Lipinski definition) is 3. The molecule has 1 aromatic heterocycles. The first-order valence-electron chi connectivity index (χ1n) is 8.36. The van der Waals surface area contributed by atoms with Crippen molar-refractivity contribution in [1.82, 2.24) is 14.7 Å². The number of rotatable bonds is 4. The molecule has 0 saturated carbocycles. The molecule has 1 N–H and O–H groups in total. The average Bonchev–Trinajstić information content (AvgIpc) is 3.05. The highest BCUT2D eigenvalue weighted by Crippen LogP contribution is 2.23. The summed E-state index contributed by atoms with van der Waals surface area (Å²) in [5.74, 6) is -1.50. The molecule has 1 atom stereocenters. The molecule has 25 heavy (non-hydrogen) atoms. The number of likely N-dealkylation sites (tertiary alicyclic amines) is 1. The highest BCUT2D eigenvalue weighted by atomic mass is 35.5. The van der Waals surface area contributed by atoms with Crippen LogP contribution in [0.3, 0.4) is 0 Å². The molecule has 0 bridgehead atoms. The minimum absolute atomic E-state index is 0.156. The first-order chi connectivity index (χ1) is 12.0. The summed E-state index contributed by atoms with van der Waals surface area (Å²) in [6, 6.07) is 7.30. The Bertz CT molecular complexity index is 803. The molecule has 1 aliphatic heterocycles. The van der Waals surface area contributed by atoms with E-state index in [1.807, 2.05) is 19.1 Å². The van der Waals surface area contributed by atoms with Gasteiger partial charge >= 0.3 is 5.97 Å². The van der Waals surface area contributed by atoms with E-state index in [0.717, 1.165) is 11.4 Å². The minimum Gasteiger partial charge on any atom is -0.481 e. The molecule has 7 heteroatoms. The fourth-order valence-electron chi connectivity index (χ4n) is 3.26. The molecule has 2 aromatic rings. The van der Waals surface area contributed by atoms with Crippen molar-refractivity contribution in [3.8, 4) is 5.69 Å². The summed E-state index contributed by atoms with van der Waals surface area (Å²) in [6.07, 6.45) is 3.50. The maximum atomic E-state index is 12.9. The standard InChI is InChI=1S/C18H20ClN3O3/c1-2-16-15(10-20-22(16)14-7-3-6-13(19)9-14)17(23)21-8-4-5-12(11-21)18(24)25/h3,6-7,9-10,12H,2,4-5,8,11H2,1H3,(H,24,25)/t12-/m0/s1. The van der Waals surface area contributed by atoms with E-state index in [0.29, 0.717) is 36.4 Å². The third-order valence-corrected chi connectivity index (χ3v) is 4.78. The first kappa shape index (κ1) is 17.5. The van der Waals surface area contributed by atoms with Crippen molar-refractivity contribution in [2.45, 2.75) is 26.2 Å². The Morgan fingerprint density at radius 2 is 2.20 bits per heavy atom. The molecule has 0 aliphatic carbocycles. The molecule has 0 radical (unpaired) electrons. The van der Waals surface area contributed by atoms with Crippen molar-refractivity contribution in [2.24, 2.45) is 5.92 Å². The molecular weight excluding hydrogens is 342 g/mol. The molecule has 2 heterocycles. The Morgan fingerprint density at radius 3 is 2.88 bits per heavy atom. The van der Waals surface area contributed by atoms with Crippen molar-refractivity contribution >= 4 is 23.5 Å². The minimum atomic E-state index is -0.845. The van der Waals surface area contributed by atoms with Crippen LogP contribution in [0.5, 0.6) is 0 Å². The summed E-state index contributed by atoms with van der Waals surface area (Å²) >= 11 is 6.06. The van der Waals surface area contributed by atoms with E-state index < -0.39 is 11.9 Å². The SMILES string of the molecule is CCc1c(C(=O)N2CCC[C@H](C(=O)O)C2)cnn1-c1cccc(Cl)c1. The zero-order valence-corrected chi connectivity index (χ0v) is 14.7. The van der Waals surface area contributed by atoms with Crippen molar-refractivity contribution in [3.63, 3.8) is 0 Å². The summed E-state index contributed by atoms with van der Waals surface area (Å²) in [5.41, 5.74) is 2.11. The predicted octanol–water partition coefficient (Wildman–Crippen LogP) is 3.02. The van der Waals surface area contributed by atoms with E-state index in [1.54, 1.807) is 27.9 Å². The van der Waals surface area contributed by atoms with Gasteiger partial charge in [0.15, 0.2) is 0 Å². The number of halogens is 1. The lowest BCUT2D eigenvalue weighted by Crippen LogP contribution is -2.42. The highest BCUT2D eigenvalue weighted by molar-refractivity contribution is 6.30. The number of nitrogens with zero attached hydrogens (tertiary/aromatic N) is 3. The van der Waals surface area contributed by atoms with Gasteiger partial charge in [0.1, 0.15) is 0 Å². The molecule has 3 rings (SSSR count). The van der Waals surface area contributed by atoms with Crippen LogP contribution < -0.4 is 0 Å². The number of piperidine rings is 1. The van der Waals surface area contributed by atoms with Crippen molar-refractivity contribution in [2.75, 3.05) is 13.1 Å². The number of aromatic nitrogens is 2. The zero-order chi connectivity index (χ0) is 18.0. The van der Waals surface area contributed by atoms with Gasteiger partial charge in [0.05, 0.1) is 29.1 Å². The fraction of sp³-hybridized carbons (Fsp3) is 0.389. The maximum absolute atomic E-state index is 12.9. The number of carbonyl (C=O) groups is 2.